The molecule has 16 heavy (non-hydrogen) atoms. The van der Waals surface area contributed by atoms with Crippen molar-refractivity contribution in [2.45, 2.75) is 6.92 Å². The van der Waals surface area contributed by atoms with Crippen LogP contribution < -0.4 is 0 Å². The van der Waals surface area contributed by atoms with E-state index in [-0.39, 0.29) is 12.5 Å². The Kier molecular flexibility index (Phi) is 4.05. The lowest BCUT2D eigenvalue weighted by Gasteiger charge is -2.10. The van der Waals surface area contributed by atoms with Gasteiger partial charge in [0.1, 0.15) is 0 Å². The molecule has 4 nitrogen and oxygen atoms in total. The Morgan fingerprint density at radius 2 is 1.75 bits per heavy atom. The van der Waals surface area contributed by atoms with Crippen LogP contribution in [0.1, 0.15) is 15.9 Å². The topological polar surface area (TPSA) is 46.6 Å². The summed E-state index contributed by atoms with van der Waals surface area (Å²) in [6.45, 7) is 1.71. The molecule has 0 N–H and O–H groups in total. The molecule has 0 aliphatic carbocycles. The van der Waals surface area contributed by atoms with E-state index in [0.29, 0.717) is 5.56 Å². The molecule has 0 aliphatic rings. The summed E-state index contributed by atoms with van der Waals surface area (Å²) in [5.74, 6) is -0.712. The molecule has 0 aromatic heterocycles. The van der Waals surface area contributed by atoms with Gasteiger partial charge < -0.3 is 9.64 Å². The van der Waals surface area contributed by atoms with E-state index >= 15 is 0 Å². The van der Waals surface area contributed by atoms with Crippen molar-refractivity contribution >= 4 is 11.9 Å². The number of carbonyl (C=O) groups excluding carboxylic acids is 2. The van der Waals surface area contributed by atoms with Gasteiger partial charge in [-0.1, -0.05) is 17.7 Å². The Morgan fingerprint density at radius 3 is 2.25 bits per heavy atom. The molecule has 4 heteroatoms. The van der Waals surface area contributed by atoms with Gasteiger partial charge in [0.05, 0.1) is 5.56 Å². The number of ether oxygens (including phenoxy) is 1. The summed E-state index contributed by atoms with van der Waals surface area (Å²) in [7, 11) is 3.23. The van der Waals surface area contributed by atoms with Crippen LogP contribution >= 0.6 is 0 Å². The average Bonchev–Trinajstić information content (AvgIpc) is 2.26. The average molecular weight is 221 g/mol. The maximum absolute atomic E-state index is 11.5. The van der Waals surface area contributed by atoms with Crippen molar-refractivity contribution in [1.29, 1.82) is 0 Å². The Bertz CT molecular complexity index is 382. The summed E-state index contributed by atoms with van der Waals surface area (Å²) in [5.41, 5.74) is 1.53. The number of likely N-dealkylation sites (N-methyl/N-ethyl adjacent to an activating group) is 1. The van der Waals surface area contributed by atoms with Crippen molar-refractivity contribution in [2.75, 3.05) is 20.7 Å². The van der Waals surface area contributed by atoms with Crippen LogP contribution in [-0.4, -0.2) is 37.5 Å². The molecule has 1 aromatic carbocycles. The summed E-state index contributed by atoms with van der Waals surface area (Å²) in [6.07, 6.45) is 0. The van der Waals surface area contributed by atoms with Crippen LogP contribution in [0.5, 0.6) is 0 Å². The Morgan fingerprint density at radius 1 is 1.19 bits per heavy atom. The molecular weight excluding hydrogens is 206 g/mol. The first kappa shape index (κ1) is 12.2. The summed E-state index contributed by atoms with van der Waals surface area (Å²) in [4.78, 5) is 24.0. The van der Waals surface area contributed by atoms with E-state index in [1.54, 1.807) is 26.2 Å². The number of carbonyl (C=O) groups is 2. The van der Waals surface area contributed by atoms with Gasteiger partial charge in [-0.2, -0.15) is 0 Å². The van der Waals surface area contributed by atoms with Gasteiger partial charge in [-0.05, 0) is 19.1 Å². The summed E-state index contributed by atoms with van der Waals surface area (Å²) < 4.78 is 4.86. The van der Waals surface area contributed by atoms with Crippen LogP contribution in [0.15, 0.2) is 24.3 Å². The quantitative estimate of drug-likeness (QED) is 0.721. The zero-order valence-electron chi connectivity index (χ0n) is 9.69. The van der Waals surface area contributed by atoms with Gasteiger partial charge in [-0.3, -0.25) is 4.79 Å². The van der Waals surface area contributed by atoms with Crippen molar-refractivity contribution in [3.8, 4) is 0 Å². The van der Waals surface area contributed by atoms with E-state index in [4.69, 9.17) is 4.74 Å². The zero-order valence-corrected chi connectivity index (χ0v) is 9.69. The standard InChI is InChI=1S/C12H15NO3/c1-9-4-6-10(7-5-9)12(15)16-8-11(14)13(2)3/h4-7H,8H2,1-3H3. The summed E-state index contributed by atoms with van der Waals surface area (Å²) in [6, 6.07) is 7.00. The number of benzene rings is 1. The highest BCUT2D eigenvalue weighted by atomic mass is 16.5. The number of rotatable bonds is 3. The normalized spacial score (nSPS) is 9.69. The molecule has 0 heterocycles. The molecule has 0 fully saturated rings. The fourth-order valence-corrected chi connectivity index (χ4v) is 1.03. The molecule has 1 rings (SSSR count). The van der Waals surface area contributed by atoms with Crippen molar-refractivity contribution < 1.29 is 14.3 Å². The highest BCUT2D eigenvalue weighted by Crippen LogP contribution is 2.04. The van der Waals surface area contributed by atoms with Crippen LogP contribution in [0.4, 0.5) is 0 Å². The van der Waals surface area contributed by atoms with Gasteiger partial charge in [0.25, 0.3) is 5.91 Å². The summed E-state index contributed by atoms with van der Waals surface area (Å²) >= 11 is 0. The number of hydrogen-bond donors (Lipinski definition) is 0. The first-order chi connectivity index (χ1) is 7.50. The molecule has 0 atom stereocenters. The number of amides is 1. The van der Waals surface area contributed by atoms with E-state index in [1.165, 1.54) is 4.90 Å². The predicted molar refractivity (Wildman–Crippen MR) is 60.2 cm³/mol. The van der Waals surface area contributed by atoms with Crippen molar-refractivity contribution in [3.05, 3.63) is 35.4 Å². The molecule has 0 aliphatic heterocycles. The van der Waals surface area contributed by atoms with Crippen LogP contribution in [0.2, 0.25) is 0 Å². The molecule has 86 valence electrons. The Balaban J connectivity index is 2.53. The SMILES string of the molecule is Cc1ccc(C(=O)OCC(=O)N(C)C)cc1. The third kappa shape index (κ3) is 3.38. The second-order valence-electron chi connectivity index (χ2n) is 3.73. The third-order valence-electron chi connectivity index (χ3n) is 2.11. The molecule has 1 amide bonds. The van der Waals surface area contributed by atoms with Gasteiger partial charge in [0.2, 0.25) is 0 Å². The van der Waals surface area contributed by atoms with Crippen LogP contribution in [-0.2, 0) is 9.53 Å². The number of aryl methyl sites for hydroxylation is 1. The van der Waals surface area contributed by atoms with E-state index < -0.39 is 5.97 Å². The lowest BCUT2D eigenvalue weighted by molar-refractivity contribution is -0.131. The Labute approximate surface area is 94.8 Å². The second kappa shape index (κ2) is 5.30. The van der Waals surface area contributed by atoms with Crippen LogP contribution in [0, 0.1) is 6.92 Å². The van der Waals surface area contributed by atoms with E-state index in [1.807, 2.05) is 19.1 Å². The number of nitrogens with zero attached hydrogens (tertiary/aromatic N) is 1. The molecular formula is C12H15NO3. The molecule has 0 radical (unpaired) electrons. The van der Waals surface area contributed by atoms with Crippen molar-refractivity contribution in [2.24, 2.45) is 0 Å². The monoisotopic (exact) mass is 221 g/mol. The second-order valence-corrected chi connectivity index (χ2v) is 3.73. The van der Waals surface area contributed by atoms with Crippen LogP contribution in [0.3, 0.4) is 0 Å². The smallest absolute Gasteiger partial charge is 0.338 e. The first-order valence-electron chi connectivity index (χ1n) is 4.94. The van der Waals surface area contributed by atoms with Gasteiger partial charge >= 0.3 is 5.97 Å². The zero-order chi connectivity index (χ0) is 12.1. The fraction of sp³-hybridized carbons (Fsp3) is 0.333. The van der Waals surface area contributed by atoms with Gasteiger partial charge in [0, 0.05) is 14.1 Å². The summed E-state index contributed by atoms with van der Waals surface area (Å²) in [5, 5.41) is 0. The predicted octanol–water partition coefficient (Wildman–Crippen LogP) is 1.24. The lowest BCUT2D eigenvalue weighted by Crippen LogP contribution is -2.27. The minimum atomic E-state index is -0.477. The third-order valence-corrected chi connectivity index (χ3v) is 2.11. The van der Waals surface area contributed by atoms with E-state index in [9.17, 15) is 9.59 Å². The van der Waals surface area contributed by atoms with Gasteiger partial charge in [-0.15, -0.1) is 0 Å². The minimum absolute atomic E-state index is 0.223. The largest absolute Gasteiger partial charge is 0.452 e. The number of esters is 1. The molecule has 0 saturated heterocycles. The molecule has 0 unspecified atom stereocenters. The Hall–Kier alpha value is -1.84. The molecule has 0 spiro atoms. The van der Waals surface area contributed by atoms with Gasteiger partial charge in [0.15, 0.2) is 6.61 Å². The van der Waals surface area contributed by atoms with Crippen LogP contribution in [0.25, 0.3) is 0 Å². The first-order valence-corrected chi connectivity index (χ1v) is 4.94. The molecule has 1 aromatic rings. The highest BCUT2D eigenvalue weighted by Gasteiger charge is 2.10. The van der Waals surface area contributed by atoms with Gasteiger partial charge in [-0.25, -0.2) is 4.79 Å². The molecule has 0 saturated carbocycles. The van der Waals surface area contributed by atoms with Crippen molar-refractivity contribution in [1.82, 2.24) is 4.90 Å². The van der Waals surface area contributed by atoms with Crippen molar-refractivity contribution in [3.63, 3.8) is 0 Å². The lowest BCUT2D eigenvalue weighted by atomic mass is 10.1. The fourth-order valence-electron chi connectivity index (χ4n) is 1.03. The maximum Gasteiger partial charge on any atom is 0.338 e. The molecule has 0 bridgehead atoms. The van der Waals surface area contributed by atoms with E-state index in [2.05, 4.69) is 0 Å². The highest BCUT2D eigenvalue weighted by molar-refractivity contribution is 5.91. The maximum atomic E-state index is 11.5. The number of hydrogen-bond acceptors (Lipinski definition) is 3. The minimum Gasteiger partial charge on any atom is -0.452 e. The van der Waals surface area contributed by atoms with E-state index in [0.717, 1.165) is 5.56 Å².